The van der Waals surface area contributed by atoms with Crippen LogP contribution in [-0.4, -0.2) is 15.7 Å². The molecule has 0 aromatic heterocycles. The lowest BCUT2D eigenvalue weighted by molar-refractivity contribution is 0.475. The molecule has 4 aromatic rings. The van der Waals surface area contributed by atoms with Crippen molar-refractivity contribution in [3.63, 3.8) is 0 Å². The van der Waals surface area contributed by atoms with Gasteiger partial charge in [-0.3, -0.25) is 4.79 Å². The SMILES string of the molecule is Oc1ccc(Sc2ccc(Sc3ccc(C(=[OH+])c4ccccc4)cc3F)cc2)cc1. The van der Waals surface area contributed by atoms with E-state index in [1.165, 1.54) is 17.8 Å². The number of rotatable bonds is 6. The lowest BCUT2D eigenvalue weighted by Crippen LogP contribution is -2.03. The maximum atomic E-state index is 14.6. The van der Waals surface area contributed by atoms with Gasteiger partial charge in [-0.1, -0.05) is 41.7 Å². The van der Waals surface area contributed by atoms with E-state index in [2.05, 4.69) is 0 Å². The van der Waals surface area contributed by atoms with Crippen molar-refractivity contribution in [1.82, 2.24) is 0 Å². The van der Waals surface area contributed by atoms with Crippen molar-refractivity contribution in [2.24, 2.45) is 0 Å². The van der Waals surface area contributed by atoms with Crippen LogP contribution in [0.2, 0.25) is 0 Å². The highest BCUT2D eigenvalue weighted by molar-refractivity contribution is 7.99. The molecule has 0 aliphatic carbocycles. The Morgan fingerprint density at radius 2 is 1.23 bits per heavy atom. The molecule has 4 aromatic carbocycles. The number of benzene rings is 4. The highest BCUT2D eigenvalue weighted by Crippen LogP contribution is 2.34. The monoisotopic (exact) mass is 433 g/mol. The van der Waals surface area contributed by atoms with Crippen LogP contribution in [0.15, 0.2) is 117 Å². The lowest BCUT2D eigenvalue weighted by atomic mass is 10.0. The van der Waals surface area contributed by atoms with E-state index < -0.39 is 0 Å². The molecule has 30 heavy (non-hydrogen) atoms. The van der Waals surface area contributed by atoms with Gasteiger partial charge in [0, 0.05) is 19.6 Å². The number of carbonyl (C=O) groups excluding carboxylic acids is 1. The Labute approximate surface area is 182 Å². The van der Waals surface area contributed by atoms with Crippen molar-refractivity contribution in [2.45, 2.75) is 19.6 Å². The number of ketones is 1. The van der Waals surface area contributed by atoms with Crippen LogP contribution >= 0.6 is 23.5 Å². The van der Waals surface area contributed by atoms with Gasteiger partial charge in [-0.25, -0.2) is 4.39 Å². The predicted molar refractivity (Wildman–Crippen MR) is 121 cm³/mol. The molecule has 0 saturated carbocycles. The molecule has 0 spiro atoms. The first-order valence-electron chi connectivity index (χ1n) is 9.24. The predicted octanol–water partition coefficient (Wildman–Crippen LogP) is 6.78. The Morgan fingerprint density at radius 3 is 1.83 bits per heavy atom. The normalized spacial score (nSPS) is 10.7. The molecule has 0 radical (unpaired) electrons. The van der Waals surface area contributed by atoms with Crippen LogP contribution in [0.3, 0.4) is 0 Å². The van der Waals surface area contributed by atoms with Gasteiger partial charge < -0.3 is 5.11 Å². The fourth-order valence-electron chi connectivity index (χ4n) is 2.85. The second-order valence-electron chi connectivity index (χ2n) is 6.53. The lowest BCUT2D eigenvalue weighted by Gasteiger charge is -2.06. The third kappa shape index (κ3) is 4.93. The zero-order valence-electron chi connectivity index (χ0n) is 15.8. The quantitative estimate of drug-likeness (QED) is 0.269. The molecule has 0 fully saturated rings. The topological polar surface area (TPSA) is 41.6 Å². The molecule has 0 bridgehead atoms. The third-order valence-corrected chi connectivity index (χ3v) is 6.45. The number of aromatic hydroxyl groups is 1. The van der Waals surface area contributed by atoms with Crippen molar-refractivity contribution < 1.29 is 14.3 Å². The summed E-state index contributed by atoms with van der Waals surface area (Å²) >= 11 is 2.93. The Bertz CT molecular complexity index is 1160. The van der Waals surface area contributed by atoms with Crippen LogP contribution < -0.4 is 0 Å². The van der Waals surface area contributed by atoms with Gasteiger partial charge in [-0.15, -0.1) is 0 Å². The fourth-order valence-corrected chi connectivity index (χ4v) is 4.48. The van der Waals surface area contributed by atoms with E-state index >= 15 is 0 Å². The molecule has 0 aliphatic heterocycles. The van der Waals surface area contributed by atoms with E-state index in [4.69, 9.17) is 0 Å². The first-order chi connectivity index (χ1) is 14.6. The van der Waals surface area contributed by atoms with Gasteiger partial charge in [-0.05, 0) is 78.9 Å². The average molecular weight is 434 g/mol. The molecule has 0 aliphatic rings. The zero-order valence-corrected chi connectivity index (χ0v) is 17.5. The number of hydrogen-bond acceptors (Lipinski definition) is 3. The first-order valence-corrected chi connectivity index (χ1v) is 10.9. The van der Waals surface area contributed by atoms with Crippen LogP contribution in [-0.2, 0) is 0 Å². The molecule has 0 unspecified atom stereocenters. The van der Waals surface area contributed by atoms with Crippen LogP contribution in [0.5, 0.6) is 5.75 Å². The highest BCUT2D eigenvalue weighted by atomic mass is 32.2. The summed E-state index contributed by atoms with van der Waals surface area (Å²) < 4.78 is 14.6. The van der Waals surface area contributed by atoms with Gasteiger partial charge in [0.05, 0.1) is 11.1 Å². The summed E-state index contributed by atoms with van der Waals surface area (Å²) in [4.78, 5) is 13.9. The Hall–Kier alpha value is -3.02. The highest BCUT2D eigenvalue weighted by Gasteiger charge is 2.17. The van der Waals surface area contributed by atoms with Crippen LogP contribution in [0.4, 0.5) is 4.39 Å². The Balaban J connectivity index is 1.45. The Kier molecular flexibility index (Phi) is 6.21. The number of hydrogen-bond donors (Lipinski definition) is 1. The van der Waals surface area contributed by atoms with Gasteiger partial charge in [0.1, 0.15) is 11.6 Å². The number of phenolic OH excluding ortho intramolecular Hbond substituents is 1. The summed E-state index contributed by atoms with van der Waals surface area (Å²) in [6, 6.07) is 28.8. The molecule has 0 saturated heterocycles. The van der Waals surface area contributed by atoms with Gasteiger partial charge in [0.2, 0.25) is 0 Å². The molecule has 5 heteroatoms. The zero-order chi connectivity index (χ0) is 20.9. The molecule has 2 N–H and O–H groups in total. The summed E-state index contributed by atoms with van der Waals surface area (Å²) in [6.07, 6.45) is 0. The minimum Gasteiger partial charge on any atom is -0.508 e. The molecule has 0 heterocycles. The van der Waals surface area contributed by atoms with E-state index in [-0.39, 0.29) is 17.3 Å². The molecule has 148 valence electrons. The third-order valence-electron chi connectivity index (χ3n) is 4.38. The van der Waals surface area contributed by atoms with Gasteiger partial charge in [-0.2, -0.15) is 0 Å². The van der Waals surface area contributed by atoms with E-state index in [1.54, 1.807) is 48.2 Å². The molecular formula is C25H18FO2S2+. The van der Waals surface area contributed by atoms with Crippen LogP contribution in [0, 0.1) is 5.82 Å². The summed E-state index contributed by atoms with van der Waals surface area (Å²) in [7, 11) is 0. The van der Waals surface area contributed by atoms with Crippen LogP contribution in [0.1, 0.15) is 11.1 Å². The smallest absolute Gasteiger partial charge is 0.354 e. The minimum atomic E-state index is -0.373. The first kappa shape index (κ1) is 20.3. The summed E-state index contributed by atoms with van der Waals surface area (Å²) in [5, 5.41) is 9.37. The molecule has 0 amide bonds. The van der Waals surface area contributed by atoms with Gasteiger partial charge in [0.15, 0.2) is 0 Å². The van der Waals surface area contributed by atoms with Crippen molar-refractivity contribution in [2.75, 3.05) is 0 Å². The number of halogens is 1. The Morgan fingerprint density at radius 1 is 0.667 bits per heavy atom. The summed E-state index contributed by atoms with van der Waals surface area (Å²) in [5.74, 6) is -0.0713. The standard InChI is InChI=1S/C25H17FO2S2/c26-23-16-18(25(28)17-4-2-1-3-5-17)6-15-24(23)30-22-13-11-21(12-14-22)29-20-9-7-19(27)8-10-20/h1-16,27H/p+1. The van der Waals surface area contributed by atoms with Gasteiger partial charge >= 0.3 is 5.78 Å². The van der Waals surface area contributed by atoms with Crippen molar-refractivity contribution >= 4 is 29.3 Å². The minimum absolute atomic E-state index is 0.0571. The second-order valence-corrected chi connectivity index (χ2v) is 8.79. The van der Waals surface area contributed by atoms with E-state index in [1.807, 2.05) is 54.6 Å². The van der Waals surface area contributed by atoms with E-state index in [0.717, 1.165) is 14.7 Å². The van der Waals surface area contributed by atoms with Crippen molar-refractivity contribution in [1.29, 1.82) is 0 Å². The van der Waals surface area contributed by atoms with Gasteiger partial charge in [0.25, 0.3) is 0 Å². The van der Waals surface area contributed by atoms with E-state index in [9.17, 15) is 14.3 Å². The molecule has 2 nitrogen and oxygen atoms in total. The maximum Gasteiger partial charge on any atom is 0.354 e. The summed E-state index contributed by atoms with van der Waals surface area (Å²) in [5.41, 5.74) is 1.10. The number of phenols is 1. The largest absolute Gasteiger partial charge is 0.508 e. The maximum absolute atomic E-state index is 14.6. The average Bonchev–Trinajstić information content (AvgIpc) is 2.78. The molecule has 4 rings (SSSR count). The van der Waals surface area contributed by atoms with Crippen LogP contribution in [0.25, 0.3) is 0 Å². The summed E-state index contributed by atoms with van der Waals surface area (Å²) in [6.45, 7) is 0. The van der Waals surface area contributed by atoms with Crippen molar-refractivity contribution in [3.8, 4) is 5.75 Å². The second kappa shape index (κ2) is 9.20. The molecular weight excluding hydrogens is 415 g/mol. The molecule has 0 atom stereocenters. The van der Waals surface area contributed by atoms with E-state index in [0.29, 0.717) is 16.0 Å². The fraction of sp³-hybridized carbons (Fsp3) is 0. The van der Waals surface area contributed by atoms with Crippen molar-refractivity contribution in [3.05, 3.63) is 114 Å².